The van der Waals surface area contributed by atoms with Gasteiger partial charge in [0.1, 0.15) is 6.29 Å². The Bertz CT molecular complexity index is 92.6. The van der Waals surface area contributed by atoms with E-state index in [-0.39, 0.29) is 6.04 Å². The molecule has 0 amide bonds. The Kier molecular flexibility index (Phi) is 4.53. The molecule has 4 heteroatoms. The molecule has 8 heavy (non-hydrogen) atoms. The number of hydrogen-bond acceptors (Lipinski definition) is 3. The predicted octanol–water partition coefficient (Wildman–Crippen LogP) is -0.0941. The van der Waals surface area contributed by atoms with E-state index < -0.39 is 6.26 Å². The van der Waals surface area contributed by atoms with E-state index in [1.165, 1.54) is 0 Å². The fraction of sp³-hybridized carbons (Fsp3) is 0.750. The molecule has 2 nitrogen and oxygen atoms in total. The van der Waals surface area contributed by atoms with Crippen LogP contribution < -0.4 is 5.32 Å². The van der Waals surface area contributed by atoms with E-state index in [0.29, 0.717) is 5.75 Å². The van der Waals surface area contributed by atoms with Gasteiger partial charge < -0.3 is 10.1 Å². The third-order valence-electron chi connectivity index (χ3n) is 0.671. The molecule has 0 bridgehead atoms. The van der Waals surface area contributed by atoms with Gasteiger partial charge in [0.25, 0.3) is 0 Å². The van der Waals surface area contributed by atoms with Gasteiger partial charge in [0.2, 0.25) is 0 Å². The summed E-state index contributed by atoms with van der Waals surface area (Å²) in [5.74, 6) is 0.438. The fourth-order valence-electron chi connectivity index (χ4n) is 0.259. The molecule has 0 aromatic heterocycles. The Morgan fingerprint density at radius 1 is 2.12 bits per heavy atom. The molecule has 0 saturated heterocycles. The molecular formula is C4H10NOPS. The van der Waals surface area contributed by atoms with Gasteiger partial charge in [-0.1, -0.05) is 0 Å². The molecule has 0 aromatic rings. The van der Waals surface area contributed by atoms with Gasteiger partial charge in [0.15, 0.2) is 0 Å². The molecule has 48 valence electrons. The molecule has 0 saturated carbocycles. The minimum Gasteiger partial charge on any atom is -0.304 e. The van der Waals surface area contributed by atoms with Gasteiger partial charge >= 0.3 is 0 Å². The number of hydrogen-bond donors (Lipinski definition) is 2. The first kappa shape index (κ1) is 6.53. The summed E-state index contributed by atoms with van der Waals surface area (Å²) in [4.78, 5) is 10.1. The molecule has 0 heterocycles. The summed E-state index contributed by atoms with van der Waals surface area (Å²) in [6.07, 6.45) is 0.269. The van der Waals surface area contributed by atoms with E-state index >= 15 is 0 Å². The highest BCUT2D eigenvalue weighted by atomic mass is 32.1. The third-order valence-corrected chi connectivity index (χ3v) is 1.26. The molecule has 0 spiro atoms. The van der Waals surface area contributed by atoms with Gasteiger partial charge in [-0.3, -0.25) is 0 Å². The Hall–Kier alpha value is 0.410. The molecule has 0 rings (SSSR count). The van der Waals surface area contributed by atoms with Crippen molar-refractivity contribution in [3.8, 4) is 0 Å². The largest absolute Gasteiger partial charge is 0.304 e. The zero-order valence-corrected chi connectivity index (χ0v) is 6.42. The molecule has 0 aliphatic carbocycles. The van der Waals surface area contributed by atoms with Crippen molar-refractivity contribution in [3.05, 3.63) is 0 Å². The van der Waals surface area contributed by atoms with Crippen molar-refractivity contribution < 1.29 is 6.17 Å². The molecule has 2 unspecified atom stereocenters. The van der Waals surface area contributed by atoms with Gasteiger partial charge in [-0.05, 0) is 0 Å². The van der Waals surface area contributed by atoms with Gasteiger partial charge in [-0.15, -0.1) is 9.24 Å². The zero-order chi connectivity index (χ0) is 7.28. The maximum atomic E-state index is 10.1. The van der Waals surface area contributed by atoms with Crippen molar-refractivity contribution in [1.82, 2.24) is 5.32 Å². The summed E-state index contributed by atoms with van der Waals surface area (Å²) in [7, 11) is 2.22. The van der Waals surface area contributed by atoms with Gasteiger partial charge in [0.05, 0.1) is 6.04 Å². The summed E-state index contributed by atoms with van der Waals surface area (Å²) in [6.45, 7) is 0. The van der Waals surface area contributed by atoms with E-state index in [0.717, 1.165) is 6.29 Å². The second-order valence-corrected chi connectivity index (χ2v) is 1.96. The van der Waals surface area contributed by atoms with Gasteiger partial charge in [-0.25, -0.2) is 0 Å². The Labute approximate surface area is 58.4 Å². The van der Waals surface area contributed by atoms with Crippen molar-refractivity contribution in [2.75, 3.05) is 12.0 Å². The number of carbonyl (C=O) groups excluding carboxylic acids is 1. The molecule has 0 radical (unpaired) electrons. The number of carbonyl (C=O) groups is 1. The quantitative estimate of drug-likeness (QED) is 0.335. The second-order valence-electron chi connectivity index (χ2n) is 1.26. The van der Waals surface area contributed by atoms with Crippen LogP contribution in [0, 0.1) is 0 Å². The molecule has 0 aromatic carbocycles. The smallest absolute Gasteiger partial charge is 0.137 e. The average molecular weight is 153 g/mol. The highest BCUT2D eigenvalue weighted by molar-refractivity contribution is 7.80. The van der Waals surface area contributed by atoms with Crippen molar-refractivity contribution in [1.29, 1.82) is 0 Å². The predicted molar refractivity (Wildman–Crippen MR) is 41.4 cm³/mol. The molecule has 3 atom stereocenters. The van der Waals surface area contributed by atoms with Crippen LogP contribution in [-0.4, -0.2) is 24.3 Å². The Balaban J connectivity index is 3.42. The van der Waals surface area contributed by atoms with Crippen molar-refractivity contribution >= 4 is 28.2 Å². The summed E-state index contributed by atoms with van der Waals surface area (Å²) >= 11 is 3.88. The zero-order valence-electron chi connectivity index (χ0n) is 5.37. The maximum absolute atomic E-state index is 10.1. The average Bonchev–Trinajstić information content (AvgIpc) is 1.82. The SMILES string of the molecule is [3H]C(P)N[C@H](C=O)CS. The van der Waals surface area contributed by atoms with Crippen LogP contribution in [0.3, 0.4) is 0 Å². The van der Waals surface area contributed by atoms with E-state index in [9.17, 15) is 4.79 Å². The van der Waals surface area contributed by atoms with Crippen LogP contribution in [0.4, 0.5) is 0 Å². The van der Waals surface area contributed by atoms with Crippen molar-refractivity contribution in [2.24, 2.45) is 0 Å². The highest BCUT2D eigenvalue weighted by Crippen LogP contribution is 1.83. The molecule has 0 fully saturated rings. The second kappa shape index (κ2) is 5.54. The number of nitrogens with one attached hydrogen (secondary N) is 1. The van der Waals surface area contributed by atoms with E-state index in [2.05, 4.69) is 27.2 Å². The lowest BCUT2D eigenvalue weighted by Crippen LogP contribution is -2.30. The third kappa shape index (κ3) is 3.42. The lowest BCUT2D eigenvalue weighted by atomic mass is 10.4. The van der Waals surface area contributed by atoms with Crippen molar-refractivity contribution in [3.63, 3.8) is 0 Å². The standard InChI is InChI=1S/C4H10NOPS/c6-1-4(2-8)5-3-7/h1,4-5,8H,2-3,7H2/t4-/m1/s1/i3T/t3?,4-. The number of aldehydes is 1. The van der Waals surface area contributed by atoms with E-state index in [4.69, 9.17) is 1.37 Å². The van der Waals surface area contributed by atoms with Crippen LogP contribution in [0.5, 0.6) is 0 Å². The first-order valence-corrected chi connectivity index (χ1v) is 3.50. The normalized spacial score (nSPS) is 19.0. The van der Waals surface area contributed by atoms with Crippen LogP contribution in [0.2, 0.25) is 0 Å². The van der Waals surface area contributed by atoms with Gasteiger partial charge in [0, 0.05) is 13.4 Å². The molecule has 0 aliphatic rings. The fourth-order valence-corrected chi connectivity index (χ4v) is 0.697. The molecular weight excluding hydrogens is 141 g/mol. The van der Waals surface area contributed by atoms with Crippen LogP contribution in [0.1, 0.15) is 1.37 Å². The Morgan fingerprint density at radius 3 is 2.88 bits per heavy atom. The lowest BCUT2D eigenvalue weighted by molar-refractivity contribution is -0.109. The highest BCUT2D eigenvalue weighted by Gasteiger charge is 1.98. The van der Waals surface area contributed by atoms with Crippen LogP contribution in [0.15, 0.2) is 0 Å². The minimum absolute atomic E-state index is 0.298. The summed E-state index contributed by atoms with van der Waals surface area (Å²) in [5, 5.41) is 2.66. The first-order chi connectivity index (χ1) is 4.20. The van der Waals surface area contributed by atoms with E-state index in [1.807, 2.05) is 0 Å². The lowest BCUT2D eigenvalue weighted by Gasteiger charge is -2.04. The molecule has 0 aliphatic heterocycles. The summed E-state index contributed by atoms with van der Waals surface area (Å²) in [5.41, 5.74) is 0. The minimum atomic E-state index is -0.479. The topological polar surface area (TPSA) is 29.1 Å². The van der Waals surface area contributed by atoms with Crippen LogP contribution in [0.25, 0.3) is 0 Å². The maximum Gasteiger partial charge on any atom is 0.137 e. The number of rotatable bonds is 4. The first-order valence-electron chi connectivity index (χ1n) is 2.78. The van der Waals surface area contributed by atoms with Crippen LogP contribution in [-0.2, 0) is 4.79 Å². The summed E-state index contributed by atoms with van der Waals surface area (Å²) in [6, 6.07) is -0.298. The number of thiol groups is 1. The van der Waals surface area contributed by atoms with E-state index in [1.54, 1.807) is 0 Å². The van der Waals surface area contributed by atoms with Crippen molar-refractivity contribution in [2.45, 2.75) is 6.04 Å². The summed E-state index contributed by atoms with van der Waals surface area (Å²) < 4.78 is 6.97. The van der Waals surface area contributed by atoms with Crippen LogP contribution >= 0.6 is 21.9 Å². The monoisotopic (exact) mass is 153 g/mol. The molecule has 1 N–H and O–H groups in total. The Morgan fingerprint density at radius 2 is 2.75 bits per heavy atom. The van der Waals surface area contributed by atoms with Gasteiger partial charge in [-0.2, -0.15) is 12.6 Å².